The van der Waals surface area contributed by atoms with Gasteiger partial charge in [-0.15, -0.1) is 0 Å². The lowest BCUT2D eigenvalue weighted by atomic mass is 11.9. The van der Waals surface area contributed by atoms with Crippen molar-refractivity contribution >= 4 is 32.0 Å². The summed E-state index contributed by atoms with van der Waals surface area (Å²) >= 11 is 8.81. The van der Waals surface area contributed by atoms with E-state index in [-0.39, 0.29) is 0 Å². The molecule has 0 unspecified atom stereocenters. The van der Waals surface area contributed by atoms with Crippen LogP contribution in [0, 0.1) is 0 Å². The van der Waals surface area contributed by atoms with Gasteiger partial charge in [0, 0.05) is 0 Å². The molecule has 32 valence electrons. The molecular weight excluding hydrogens is 170 g/mol. The normalized spacial score (nSPS) is 12.0. The molecule has 3 heteroatoms. The second-order valence-corrected chi connectivity index (χ2v) is 12.6. The Balaban J connectivity index is 3.02. The fourth-order valence-electron chi connectivity index (χ4n) is 0. The van der Waals surface area contributed by atoms with Crippen LogP contribution >= 0.6 is 32.0 Å². The minimum absolute atomic E-state index is 1.10. The van der Waals surface area contributed by atoms with Gasteiger partial charge in [-0.2, -0.15) is 0 Å². The molecule has 0 aliphatic carbocycles. The fourth-order valence-corrected chi connectivity index (χ4v) is 0. The lowest BCUT2D eigenvalue weighted by molar-refractivity contribution is 2.28. The van der Waals surface area contributed by atoms with Crippen molar-refractivity contribution in [3.8, 4) is 0 Å². The van der Waals surface area contributed by atoms with E-state index in [1.807, 2.05) is 13.3 Å². The average Bonchev–Trinajstić information content (AvgIpc) is 0.722. The van der Waals surface area contributed by atoms with Crippen LogP contribution in [0.3, 0.4) is 0 Å². The highest BCUT2D eigenvalue weighted by Gasteiger charge is 2.14. The summed E-state index contributed by atoms with van der Waals surface area (Å²) in [6.45, 7) is 3.96. The van der Waals surface area contributed by atoms with Crippen LogP contribution < -0.4 is 0 Å². The Morgan fingerprint density at radius 2 is 1.60 bits per heavy atom. The van der Waals surface area contributed by atoms with E-state index in [1.165, 1.54) is 0 Å². The molecule has 0 atom stereocenters. The van der Waals surface area contributed by atoms with Gasteiger partial charge >= 0.3 is 0 Å². The zero-order chi connectivity index (χ0) is 4.50. The van der Waals surface area contributed by atoms with Gasteiger partial charge in [0.25, 0.3) is 0 Å². The summed E-state index contributed by atoms with van der Waals surface area (Å²) < 4.78 is 0. The fraction of sp³-hybridized carbons (Fsp3) is 1.00. The SMILES string of the molecule is C[P+](C)(Cl)Br. The second-order valence-electron chi connectivity index (χ2n) is 1.19. The average molecular weight is 176 g/mol. The van der Waals surface area contributed by atoms with E-state index in [0.29, 0.717) is 0 Å². The van der Waals surface area contributed by atoms with Crippen LogP contribution in [0.1, 0.15) is 0 Å². The molecular formula is C2H6BrClP+. The summed E-state index contributed by atoms with van der Waals surface area (Å²) in [5, 5.41) is -1.10. The molecule has 0 bridgehead atoms. The van der Waals surface area contributed by atoms with Gasteiger partial charge in [0.2, 0.25) is 0 Å². The molecule has 0 spiro atoms. The number of hydrogen-bond donors (Lipinski definition) is 0. The Morgan fingerprint density at radius 1 is 1.60 bits per heavy atom. The predicted molar refractivity (Wildman–Crippen MR) is 33.5 cm³/mol. The first kappa shape index (κ1) is 6.20. The first-order valence-electron chi connectivity index (χ1n) is 1.23. The molecule has 0 radical (unpaired) electrons. The van der Waals surface area contributed by atoms with Crippen molar-refractivity contribution in [3.63, 3.8) is 0 Å². The maximum absolute atomic E-state index is 5.56. The number of hydrogen-bond acceptors (Lipinski definition) is 0. The summed E-state index contributed by atoms with van der Waals surface area (Å²) in [7, 11) is 0. The van der Waals surface area contributed by atoms with Crippen LogP contribution in [0.15, 0.2) is 0 Å². The van der Waals surface area contributed by atoms with Gasteiger partial charge < -0.3 is 0 Å². The highest BCUT2D eigenvalue weighted by Crippen LogP contribution is 2.64. The lowest BCUT2D eigenvalue weighted by Crippen LogP contribution is -1.52. The van der Waals surface area contributed by atoms with E-state index in [9.17, 15) is 0 Å². The Hall–Kier alpha value is 1.20. The van der Waals surface area contributed by atoms with Gasteiger partial charge in [0.05, 0.1) is 24.6 Å². The second kappa shape index (κ2) is 1.77. The minimum Gasteiger partial charge on any atom is 0.0747 e. The van der Waals surface area contributed by atoms with Gasteiger partial charge in [-0.05, 0) is 0 Å². The zero-order valence-electron chi connectivity index (χ0n) is 3.20. The van der Waals surface area contributed by atoms with Gasteiger partial charge in [0.1, 0.15) is 0 Å². The molecule has 5 heavy (non-hydrogen) atoms. The molecule has 0 N–H and O–H groups in total. The van der Waals surface area contributed by atoms with E-state index in [4.69, 9.17) is 11.2 Å². The van der Waals surface area contributed by atoms with Crippen molar-refractivity contribution in [2.45, 2.75) is 0 Å². The van der Waals surface area contributed by atoms with Crippen LogP contribution in [0.5, 0.6) is 0 Å². The van der Waals surface area contributed by atoms with Gasteiger partial charge in [0.15, 0.2) is 20.8 Å². The Bertz CT molecular complexity index is 25.1. The van der Waals surface area contributed by atoms with Crippen LogP contribution in [0.25, 0.3) is 0 Å². The monoisotopic (exact) mass is 175 g/mol. The molecule has 0 saturated carbocycles. The van der Waals surface area contributed by atoms with Crippen LogP contribution in [-0.2, 0) is 0 Å². The number of rotatable bonds is 0. The van der Waals surface area contributed by atoms with Crippen molar-refractivity contribution in [1.82, 2.24) is 0 Å². The predicted octanol–water partition coefficient (Wildman–Crippen LogP) is 2.73. The maximum atomic E-state index is 5.56. The smallest absolute Gasteiger partial charge is 0.0747 e. The third-order valence-corrected chi connectivity index (χ3v) is 0. The van der Waals surface area contributed by atoms with Crippen LogP contribution in [-0.4, -0.2) is 13.3 Å². The Morgan fingerprint density at radius 3 is 1.60 bits per heavy atom. The van der Waals surface area contributed by atoms with Gasteiger partial charge in [-0.3, -0.25) is 0 Å². The van der Waals surface area contributed by atoms with E-state index in [2.05, 4.69) is 15.5 Å². The largest absolute Gasteiger partial charge is 0.176 e. The molecule has 0 rings (SSSR count). The topological polar surface area (TPSA) is 0 Å². The molecule has 0 aromatic rings. The summed E-state index contributed by atoms with van der Waals surface area (Å²) in [5.41, 5.74) is 0. The summed E-state index contributed by atoms with van der Waals surface area (Å²) in [6.07, 6.45) is 0. The highest BCUT2D eigenvalue weighted by molar-refractivity contribution is 9.44. The molecule has 0 aliphatic heterocycles. The molecule has 0 fully saturated rings. The standard InChI is InChI=1S/C2H6BrClP/c1-5(2,3)4/h1-2H3/q+1. The Labute approximate surface area is 45.8 Å². The van der Waals surface area contributed by atoms with Gasteiger partial charge in [-0.25, -0.2) is 0 Å². The summed E-state index contributed by atoms with van der Waals surface area (Å²) in [5.74, 6) is 0. The minimum atomic E-state index is -1.10. The first-order chi connectivity index (χ1) is 2.00. The van der Waals surface area contributed by atoms with E-state index < -0.39 is 5.32 Å². The van der Waals surface area contributed by atoms with Crippen molar-refractivity contribution in [3.05, 3.63) is 0 Å². The van der Waals surface area contributed by atoms with E-state index >= 15 is 0 Å². The highest BCUT2D eigenvalue weighted by atomic mass is 79.9. The summed E-state index contributed by atoms with van der Waals surface area (Å²) in [6, 6.07) is 0. The van der Waals surface area contributed by atoms with Crippen molar-refractivity contribution in [1.29, 1.82) is 0 Å². The molecule has 0 aliphatic rings. The molecule has 0 aromatic heterocycles. The maximum Gasteiger partial charge on any atom is 0.176 e. The molecule has 0 aromatic carbocycles. The van der Waals surface area contributed by atoms with Crippen molar-refractivity contribution < 1.29 is 0 Å². The third kappa shape index (κ3) is 37.0. The lowest BCUT2D eigenvalue weighted by Gasteiger charge is -1.86. The van der Waals surface area contributed by atoms with Crippen molar-refractivity contribution in [2.24, 2.45) is 0 Å². The zero-order valence-corrected chi connectivity index (χ0v) is 6.44. The molecule has 0 saturated heterocycles. The molecule has 0 heterocycles. The first-order valence-corrected chi connectivity index (χ1v) is 6.84. The van der Waals surface area contributed by atoms with E-state index in [1.54, 1.807) is 0 Å². The van der Waals surface area contributed by atoms with Crippen molar-refractivity contribution in [2.75, 3.05) is 13.3 Å². The molecule has 0 nitrogen and oxygen atoms in total. The Kier molecular flexibility index (Phi) is 2.19. The van der Waals surface area contributed by atoms with Crippen LogP contribution in [0.4, 0.5) is 0 Å². The number of halogens is 2. The van der Waals surface area contributed by atoms with Gasteiger partial charge in [-0.1, -0.05) is 0 Å². The van der Waals surface area contributed by atoms with E-state index in [0.717, 1.165) is 0 Å². The quantitative estimate of drug-likeness (QED) is 0.498. The molecule has 0 amide bonds. The summed E-state index contributed by atoms with van der Waals surface area (Å²) in [4.78, 5) is 0. The third-order valence-electron chi connectivity index (χ3n) is 0. The van der Waals surface area contributed by atoms with Crippen LogP contribution in [0.2, 0.25) is 0 Å².